The second kappa shape index (κ2) is 4.82. The summed E-state index contributed by atoms with van der Waals surface area (Å²) in [6.07, 6.45) is 0. The zero-order chi connectivity index (χ0) is 12.3. The molecule has 0 bridgehead atoms. The summed E-state index contributed by atoms with van der Waals surface area (Å²) in [6, 6.07) is 4.32. The van der Waals surface area contributed by atoms with Crippen LogP contribution in [0.1, 0.15) is 12.5 Å². The first-order valence-electron chi connectivity index (χ1n) is 4.37. The number of hydrogen-bond acceptors (Lipinski definition) is 3. The molecule has 0 aliphatic carbocycles. The molecule has 0 saturated carbocycles. The number of hydrazine groups is 1. The van der Waals surface area contributed by atoms with Crippen LogP contribution in [-0.4, -0.2) is 14.3 Å². The minimum Gasteiger partial charge on any atom is -0.278 e. The summed E-state index contributed by atoms with van der Waals surface area (Å²) in [5.74, 6) is -0.498. The molecule has 16 heavy (non-hydrogen) atoms. The summed E-state index contributed by atoms with van der Waals surface area (Å²) < 4.78 is 23.2. The number of nitrogens with one attached hydrogen (secondary N) is 2. The van der Waals surface area contributed by atoms with Crippen molar-refractivity contribution in [3.05, 3.63) is 28.8 Å². The van der Waals surface area contributed by atoms with Crippen LogP contribution in [-0.2, 0) is 14.8 Å². The predicted molar refractivity (Wildman–Crippen MR) is 60.3 cm³/mol. The lowest BCUT2D eigenvalue weighted by Gasteiger charge is -2.07. The third-order valence-corrected chi connectivity index (χ3v) is 3.47. The van der Waals surface area contributed by atoms with Crippen LogP contribution in [0.2, 0.25) is 5.02 Å². The Hall–Kier alpha value is -1.11. The number of carbonyl (C=O) groups excluding carboxylic acids is 1. The maximum Gasteiger partial charge on any atom is 0.257 e. The van der Waals surface area contributed by atoms with Gasteiger partial charge in [-0.2, -0.15) is 0 Å². The van der Waals surface area contributed by atoms with Gasteiger partial charge in [-0.25, -0.2) is 8.42 Å². The third kappa shape index (κ3) is 3.19. The first-order chi connectivity index (χ1) is 7.33. The second-order valence-corrected chi connectivity index (χ2v) is 5.29. The molecular formula is C9H11ClN2O3S. The maximum absolute atomic E-state index is 11.6. The highest BCUT2D eigenvalue weighted by Gasteiger charge is 2.14. The number of halogens is 1. The number of rotatable bonds is 3. The molecule has 1 amide bonds. The molecule has 5 nitrogen and oxygen atoms in total. The van der Waals surface area contributed by atoms with E-state index < -0.39 is 15.9 Å². The molecule has 0 radical (unpaired) electrons. The van der Waals surface area contributed by atoms with Crippen molar-refractivity contribution >= 4 is 27.5 Å². The summed E-state index contributed by atoms with van der Waals surface area (Å²) in [7, 11) is -3.76. The topological polar surface area (TPSA) is 75.3 Å². The minimum atomic E-state index is -3.76. The molecule has 1 aromatic carbocycles. The molecule has 0 fully saturated rings. The molecule has 0 saturated heterocycles. The smallest absolute Gasteiger partial charge is 0.257 e. The molecule has 88 valence electrons. The zero-order valence-electron chi connectivity index (χ0n) is 8.74. The first-order valence-corrected chi connectivity index (χ1v) is 6.23. The Morgan fingerprint density at radius 3 is 2.50 bits per heavy atom. The maximum atomic E-state index is 11.6. The summed E-state index contributed by atoms with van der Waals surface area (Å²) in [6.45, 7) is 2.96. The van der Waals surface area contributed by atoms with Gasteiger partial charge in [0.15, 0.2) is 0 Å². The van der Waals surface area contributed by atoms with Crippen molar-refractivity contribution in [2.75, 3.05) is 0 Å². The minimum absolute atomic E-state index is 0.00292. The summed E-state index contributed by atoms with van der Waals surface area (Å²) >= 11 is 5.80. The number of sulfonamides is 1. The van der Waals surface area contributed by atoms with Crippen LogP contribution < -0.4 is 10.3 Å². The van der Waals surface area contributed by atoms with Gasteiger partial charge in [0, 0.05) is 11.9 Å². The van der Waals surface area contributed by atoms with Crippen LogP contribution in [0.25, 0.3) is 0 Å². The molecule has 1 aromatic rings. The summed E-state index contributed by atoms with van der Waals surface area (Å²) in [5, 5.41) is 0.353. The molecule has 0 aliphatic heterocycles. The molecule has 0 atom stereocenters. The monoisotopic (exact) mass is 262 g/mol. The lowest BCUT2D eigenvalue weighted by atomic mass is 10.2. The highest BCUT2D eigenvalue weighted by Crippen LogP contribution is 2.19. The fraction of sp³-hybridized carbons (Fsp3) is 0.222. The largest absolute Gasteiger partial charge is 0.278 e. The van der Waals surface area contributed by atoms with Gasteiger partial charge < -0.3 is 0 Å². The molecular weight excluding hydrogens is 252 g/mol. The number of benzene rings is 1. The van der Waals surface area contributed by atoms with Crippen molar-refractivity contribution in [1.29, 1.82) is 0 Å². The Kier molecular flexibility index (Phi) is 3.90. The van der Waals surface area contributed by atoms with E-state index >= 15 is 0 Å². The Balaban J connectivity index is 2.99. The lowest BCUT2D eigenvalue weighted by Crippen LogP contribution is -2.40. The average Bonchev–Trinajstić information content (AvgIpc) is 2.19. The van der Waals surface area contributed by atoms with E-state index in [1.807, 2.05) is 10.3 Å². The summed E-state index contributed by atoms with van der Waals surface area (Å²) in [4.78, 5) is 12.5. The van der Waals surface area contributed by atoms with Crippen molar-refractivity contribution < 1.29 is 13.2 Å². The molecule has 2 N–H and O–H groups in total. The van der Waals surface area contributed by atoms with Crippen LogP contribution in [0.15, 0.2) is 23.1 Å². The predicted octanol–water partition coefficient (Wildman–Crippen LogP) is 0.978. The highest BCUT2D eigenvalue weighted by molar-refractivity contribution is 7.89. The normalized spacial score (nSPS) is 11.2. The Labute approximate surface area is 98.8 Å². The molecule has 7 heteroatoms. The molecule has 0 unspecified atom stereocenters. The second-order valence-electron chi connectivity index (χ2n) is 3.20. The van der Waals surface area contributed by atoms with Crippen molar-refractivity contribution in [3.8, 4) is 0 Å². The van der Waals surface area contributed by atoms with Gasteiger partial charge >= 0.3 is 0 Å². The molecule has 0 aromatic heterocycles. The van der Waals surface area contributed by atoms with Crippen LogP contribution >= 0.6 is 11.6 Å². The Bertz CT molecular complexity index is 513. The molecule has 0 spiro atoms. The Morgan fingerprint density at radius 2 is 2.00 bits per heavy atom. The number of amides is 1. The summed E-state index contributed by atoms with van der Waals surface area (Å²) in [5.41, 5.74) is 2.78. The van der Waals surface area contributed by atoms with E-state index in [0.717, 1.165) is 5.56 Å². The van der Waals surface area contributed by atoms with Crippen molar-refractivity contribution in [2.24, 2.45) is 0 Å². The molecule has 0 heterocycles. The van der Waals surface area contributed by atoms with Gasteiger partial charge in [0.2, 0.25) is 5.91 Å². The van der Waals surface area contributed by atoms with E-state index in [4.69, 9.17) is 11.6 Å². The van der Waals surface area contributed by atoms with Crippen molar-refractivity contribution in [1.82, 2.24) is 10.3 Å². The Morgan fingerprint density at radius 1 is 1.38 bits per heavy atom. The van der Waals surface area contributed by atoms with Gasteiger partial charge in [0.25, 0.3) is 10.0 Å². The van der Waals surface area contributed by atoms with Gasteiger partial charge in [0.05, 0.1) is 4.90 Å². The number of aryl methyl sites for hydroxylation is 1. The van der Waals surface area contributed by atoms with Gasteiger partial charge in [0.1, 0.15) is 0 Å². The van der Waals surface area contributed by atoms with E-state index in [1.54, 1.807) is 13.0 Å². The van der Waals surface area contributed by atoms with Gasteiger partial charge in [-0.05, 0) is 24.6 Å². The van der Waals surface area contributed by atoms with Gasteiger partial charge in [-0.1, -0.05) is 17.7 Å². The van der Waals surface area contributed by atoms with E-state index in [0.29, 0.717) is 5.02 Å². The number of carbonyl (C=O) groups is 1. The van der Waals surface area contributed by atoms with Crippen LogP contribution in [0.5, 0.6) is 0 Å². The van der Waals surface area contributed by atoms with Crippen molar-refractivity contribution in [3.63, 3.8) is 0 Å². The third-order valence-electron chi connectivity index (χ3n) is 1.82. The zero-order valence-corrected chi connectivity index (χ0v) is 10.3. The van der Waals surface area contributed by atoms with E-state index in [1.165, 1.54) is 19.1 Å². The molecule has 0 aliphatic rings. The lowest BCUT2D eigenvalue weighted by molar-refractivity contribution is -0.119. The van der Waals surface area contributed by atoms with Crippen LogP contribution in [0.4, 0.5) is 0 Å². The quantitative estimate of drug-likeness (QED) is 0.798. The molecule has 1 rings (SSSR count). The van der Waals surface area contributed by atoms with Crippen LogP contribution in [0.3, 0.4) is 0 Å². The number of hydrogen-bond donors (Lipinski definition) is 2. The first kappa shape index (κ1) is 13.0. The average molecular weight is 263 g/mol. The standard InChI is InChI=1S/C9H11ClN2O3S/c1-6-3-4-8(5-9(6)10)16(14,15)12-11-7(2)13/h3-5,12H,1-2H3,(H,11,13). The SMILES string of the molecule is CC(=O)NNS(=O)(=O)c1ccc(C)c(Cl)c1. The van der Waals surface area contributed by atoms with E-state index in [-0.39, 0.29) is 4.90 Å². The fourth-order valence-corrected chi connectivity index (χ4v) is 2.10. The van der Waals surface area contributed by atoms with Crippen LogP contribution in [0, 0.1) is 6.92 Å². The fourth-order valence-electron chi connectivity index (χ4n) is 0.939. The van der Waals surface area contributed by atoms with Gasteiger partial charge in [-0.3, -0.25) is 10.2 Å². The van der Waals surface area contributed by atoms with E-state index in [9.17, 15) is 13.2 Å². The van der Waals surface area contributed by atoms with Crippen molar-refractivity contribution in [2.45, 2.75) is 18.7 Å². The highest BCUT2D eigenvalue weighted by atomic mass is 35.5. The van der Waals surface area contributed by atoms with E-state index in [2.05, 4.69) is 0 Å². The van der Waals surface area contributed by atoms with Gasteiger partial charge in [-0.15, -0.1) is 4.83 Å².